The van der Waals surface area contributed by atoms with Crippen molar-refractivity contribution in [2.45, 2.75) is 53.4 Å². The first-order chi connectivity index (χ1) is 32.6. The van der Waals surface area contributed by atoms with Gasteiger partial charge in [0.05, 0.1) is 0 Å². The molecule has 0 saturated carbocycles. The van der Waals surface area contributed by atoms with E-state index in [0.29, 0.717) is 0 Å². The van der Waals surface area contributed by atoms with Gasteiger partial charge in [0.25, 0.3) is 0 Å². The number of aryl methyl sites for hydroxylation is 4. The van der Waals surface area contributed by atoms with Gasteiger partial charge in [-0.25, -0.2) is 0 Å². The van der Waals surface area contributed by atoms with Crippen molar-refractivity contribution in [1.29, 1.82) is 0 Å². The molecule has 0 unspecified atom stereocenters. The van der Waals surface area contributed by atoms with E-state index in [1.165, 1.54) is 153 Å². The standard InChI is InChI=1S/C66H50/c1-5-39-17-9-13-21-45(39)43-25-27-49-53-31-29-51(47-23-15-11-19-41(47)7-3)63-55-33-34-56-60(59(55)37-61(65(53)63)57(49)35-43)38-62-58-36-44(46-22-14-10-18-40(46)6-2)26-28-50(58)54-32-30-52(64(56)66(54)62)48-24-16-12-20-42(48)8-4/h9-38H,5-8H2,1-4H3. The van der Waals surface area contributed by atoms with Gasteiger partial charge in [-0.1, -0.05) is 185 Å². The number of rotatable bonds is 8. The second kappa shape index (κ2) is 15.0. The van der Waals surface area contributed by atoms with Crippen molar-refractivity contribution in [3.8, 4) is 44.5 Å². The maximum atomic E-state index is 2.58. The molecule has 0 heteroatoms. The molecule has 13 aromatic carbocycles. The molecule has 0 aromatic heterocycles. The summed E-state index contributed by atoms with van der Waals surface area (Å²) in [5, 5.41) is 21.3. The van der Waals surface area contributed by atoms with E-state index in [4.69, 9.17) is 0 Å². The molecule has 0 radical (unpaired) electrons. The van der Waals surface area contributed by atoms with Crippen LogP contribution in [0.3, 0.4) is 0 Å². The van der Waals surface area contributed by atoms with Crippen molar-refractivity contribution < 1.29 is 0 Å². The predicted octanol–water partition coefficient (Wildman–Crippen LogP) is 18.7. The Bertz CT molecular complexity index is 3820. The zero-order chi connectivity index (χ0) is 44.2. The third-order valence-electron chi connectivity index (χ3n) is 15.3. The fourth-order valence-corrected chi connectivity index (χ4v) is 12.2. The first kappa shape index (κ1) is 38.9. The van der Waals surface area contributed by atoms with Crippen molar-refractivity contribution >= 4 is 86.2 Å². The van der Waals surface area contributed by atoms with Crippen LogP contribution in [0, 0.1) is 0 Å². The highest BCUT2D eigenvalue weighted by molar-refractivity contribution is 6.42. The number of benzene rings is 11. The van der Waals surface area contributed by atoms with Crippen LogP contribution in [0.2, 0.25) is 0 Å². The molecule has 0 fully saturated rings. The monoisotopic (exact) mass is 842 g/mol. The third kappa shape index (κ3) is 5.51. The lowest BCUT2D eigenvalue weighted by Crippen LogP contribution is -1.92. The molecule has 0 spiro atoms. The van der Waals surface area contributed by atoms with Gasteiger partial charge in [0.1, 0.15) is 0 Å². The molecule has 13 aromatic rings. The van der Waals surface area contributed by atoms with Gasteiger partial charge in [0.2, 0.25) is 0 Å². The molecule has 0 heterocycles. The molecule has 66 heavy (non-hydrogen) atoms. The molecule has 13 rings (SSSR count). The Morgan fingerprint density at radius 3 is 0.909 bits per heavy atom. The van der Waals surface area contributed by atoms with E-state index in [9.17, 15) is 0 Å². The summed E-state index contributed by atoms with van der Waals surface area (Å²) in [7, 11) is 0. The van der Waals surface area contributed by atoms with E-state index in [-0.39, 0.29) is 0 Å². The first-order valence-corrected chi connectivity index (χ1v) is 24.2. The van der Waals surface area contributed by atoms with E-state index in [1.54, 1.807) is 0 Å². The van der Waals surface area contributed by atoms with Crippen LogP contribution in [0.25, 0.3) is 131 Å². The van der Waals surface area contributed by atoms with Crippen molar-refractivity contribution in [3.05, 3.63) is 204 Å². The normalized spacial score (nSPS) is 12.2. The van der Waals surface area contributed by atoms with Gasteiger partial charge in [0.15, 0.2) is 0 Å². The summed E-state index contributed by atoms with van der Waals surface area (Å²) in [5.74, 6) is 0. The molecule has 0 saturated heterocycles. The highest BCUT2D eigenvalue weighted by Crippen LogP contribution is 2.52. The summed E-state index contributed by atoms with van der Waals surface area (Å²) < 4.78 is 0. The van der Waals surface area contributed by atoms with Gasteiger partial charge in [-0.2, -0.15) is 0 Å². The predicted molar refractivity (Wildman–Crippen MR) is 288 cm³/mol. The minimum Gasteiger partial charge on any atom is -0.0620 e. The quantitative estimate of drug-likeness (QED) is 0.134. The molecule has 0 bridgehead atoms. The van der Waals surface area contributed by atoms with Gasteiger partial charge in [0, 0.05) is 0 Å². The van der Waals surface area contributed by atoms with E-state index < -0.39 is 0 Å². The van der Waals surface area contributed by atoms with Crippen LogP contribution in [-0.2, 0) is 25.7 Å². The minimum atomic E-state index is 0.976. The van der Waals surface area contributed by atoms with Crippen molar-refractivity contribution in [2.75, 3.05) is 0 Å². The Labute approximate surface area is 386 Å². The average molecular weight is 843 g/mol. The van der Waals surface area contributed by atoms with Gasteiger partial charge < -0.3 is 0 Å². The molecular formula is C66H50. The lowest BCUT2D eigenvalue weighted by Gasteiger charge is -2.18. The second-order valence-electron chi connectivity index (χ2n) is 18.5. The fraction of sp³-hybridized carbons (Fsp3) is 0.121. The smallest absolute Gasteiger partial charge is 0.00137 e. The van der Waals surface area contributed by atoms with E-state index in [0.717, 1.165) is 25.7 Å². The van der Waals surface area contributed by atoms with Crippen LogP contribution in [0.4, 0.5) is 0 Å². The fourth-order valence-electron chi connectivity index (χ4n) is 12.2. The first-order valence-electron chi connectivity index (χ1n) is 24.2. The van der Waals surface area contributed by atoms with Crippen LogP contribution < -0.4 is 0 Å². The Morgan fingerprint density at radius 1 is 0.212 bits per heavy atom. The van der Waals surface area contributed by atoms with Crippen LogP contribution in [0.15, 0.2) is 182 Å². The summed E-state index contributed by atoms with van der Waals surface area (Å²) in [4.78, 5) is 0. The van der Waals surface area contributed by atoms with Crippen LogP contribution in [0.5, 0.6) is 0 Å². The van der Waals surface area contributed by atoms with Crippen LogP contribution >= 0.6 is 0 Å². The van der Waals surface area contributed by atoms with Gasteiger partial charge in [-0.05, 0) is 203 Å². The van der Waals surface area contributed by atoms with Gasteiger partial charge in [-0.3, -0.25) is 0 Å². The number of hydrogen-bond acceptors (Lipinski definition) is 0. The van der Waals surface area contributed by atoms with Crippen LogP contribution in [0.1, 0.15) is 49.9 Å². The van der Waals surface area contributed by atoms with Crippen molar-refractivity contribution in [3.63, 3.8) is 0 Å². The zero-order valence-corrected chi connectivity index (χ0v) is 38.1. The Kier molecular flexibility index (Phi) is 8.84. The molecular weight excluding hydrogens is 793 g/mol. The van der Waals surface area contributed by atoms with E-state index in [2.05, 4.69) is 210 Å². The third-order valence-corrected chi connectivity index (χ3v) is 15.3. The molecule has 0 aliphatic rings. The Balaban J connectivity index is 1.23. The summed E-state index contributed by atoms with van der Waals surface area (Å²) >= 11 is 0. The molecule has 0 aliphatic heterocycles. The molecule has 0 amide bonds. The molecule has 0 aliphatic carbocycles. The second-order valence-corrected chi connectivity index (χ2v) is 18.5. The summed E-state index contributed by atoms with van der Waals surface area (Å²) in [6, 6.07) is 70.2. The molecule has 0 atom stereocenters. The SMILES string of the molecule is CCc1ccccc1-c1ccc2c(c1)c1cc3c4cc5c6cc(-c7ccccc7CC)ccc6c6ccc(-c7ccccc7CC)c(c4ccc3c3c(-c4ccccc4CC)ccc2c13)c65. The van der Waals surface area contributed by atoms with Gasteiger partial charge in [-0.15, -0.1) is 0 Å². The summed E-state index contributed by atoms with van der Waals surface area (Å²) in [6.07, 6.45) is 3.95. The highest BCUT2D eigenvalue weighted by Gasteiger charge is 2.24. The molecule has 0 N–H and O–H groups in total. The highest BCUT2D eigenvalue weighted by atomic mass is 14.3. The number of fused-ring (bicyclic) bond motifs is 11. The topological polar surface area (TPSA) is 0 Å². The minimum absolute atomic E-state index is 0.976. The van der Waals surface area contributed by atoms with E-state index in [1.807, 2.05) is 0 Å². The average Bonchev–Trinajstić information content (AvgIpc) is 3.88. The summed E-state index contributed by atoms with van der Waals surface area (Å²) in [5.41, 5.74) is 16.0. The van der Waals surface area contributed by atoms with Gasteiger partial charge >= 0.3 is 0 Å². The zero-order valence-electron chi connectivity index (χ0n) is 38.1. The maximum absolute atomic E-state index is 2.58. The molecule has 314 valence electrons. The number of hydrogen-bond donors (Lipinski definition) is 0. The molecule has 0 nitrogen and oxygen atoms in total. The lowest BCUT2D eigenvalue weighted by molar-refractivity contribution is 1.14. The Hall–Kier alpha value is -7.54. The lowest BCUT2D eigenvalue weighted by atomic mass is 9.85. The largest absolute Gasteiger partial charge is 0.0620 e. The maximum Gasteiger partial charge on any atom is -0.00137 e. The summed E-state index contributed by atoms with van der Waals surface area (Å²) in [6.45, 7) is 9.11. The van der Waals surface area contributed by atoms with Crippen LogP contribution in [-0.4, -0.2) is 0 Å². The Morgan fingerprint density at radius 2 is 0.515 bits per heavy atom. The van der Waals surface area contributed by atoms with E-state index >= 15 is 0 Å². The van der Waals surface area contributed by atoms with Crippen molar-refractivity contribution in [1.82, 2.24) is 0 Å². The van der Waals surface area contributed by atoms with Crippen molar-refractivity contribution in [2.24, 2.45) is 0 Å².